The Morgan fingerprint density at radius 1 is 1.44 bits per heavy atom. The van der Waals surface area contributed by atoms with Gasteiger partial charge in [0.05, 0.1) is 5.75 Å². The molecule has 1 unspecified atom stereocenters. The molecule has 88 valence electrons. The van der Waals surface area contributed by atoms with Crippen LogP contribution in [0.4, 0.5) is 0 Å². The Morgan fingerprint density at radius 2 is 2.12 bits per heavy atom. The molecule has 0 N–H and O–H groups in total. The first-order valence-electron chi connectivity index (χ1n) is 5.55. The van der Waals surface area contributed by atoms with Gasteiger partial charge in [0, 0.05) is 15.3 Å². The summed E-state index contributed by atoms with van der Waals surface area (Å²) in [6.07, 6.45) is 2.07. The largest absolute Gasteiger partial charge is 0.298 e. The van der Waals surface area contributed by atoms with Crippen molar-refractivity contribution in [2.45, 2.75) is 31.6 Å². The van der Waals surface area contributed by atoms with Crippen molar-refractivity contribution in [2.75, 3.05) is 5.75 Å². The van der Waals surface area contributed by atoms with Crippen molar-refractivity contribution in [2.24, 2.45) is 5.92 Å². The predicted octanol–water partition coefficient (Wildman–Crippen LogP) is 4.55. The summed E-state index contributed by atoms with van der Waals surface area (Å²) in [4.78, 5) is 12.9. The summed E-state index contributed by atoms with van der Waals surface area (Å²) in [5.74, 6) is 1.12. The van der Waals surface area contributed by atoms with Crippen LogP contribution in [0.1, 0.15) is 26.7 Å². The van der Waals surface area contributed by atoms with Gasteiger partial charge in [-0.15, -0.1) is 11.8 Å². The van der Waals surface area contributed by atoms with Crippen LogP contribution in [-0.4, -0.2) is 11.5 Å². The maximum Gasteiger partial charge on any atom is 0.145 e. The molecule has 0 fully saturated rings. The van der Waals surface area contributed by atoms with Gasteiger partial charge in [-0.1, -0.05) is 32.4 Å². The van der Waals surface area contributed by atoms with Crippen molar-refractivity contribution in [3.05, 3.63) is 28.7 Å². The maximum atomic E-state index is 11.8. The Kier molecular flexibility index (Phi) is 6.14. The molecule has 0 aliphatic rings. The lowest BCUT2D eigenvalue weighted by Gasteiger charge is -2.09. The number of rotatable bonds is 6. The summed E-state index contributed by atoms with van der Waals surface area (Å²) in [5.41, 5.74) is 0. The summed E-state index contributed by atoms with van der Waals surface area (Å²) >= 11 is 5.09. The summed E-state index contributed by atoms with van der Waals surface area (Å²) < 4.78 is 1.07. The number of benzene rings is 1. The van der Waals surface area contributed by atoms with Gasteiger partial charge in [0.25, 0.3) is 0 Å². The zero-order valence-corrected chi connectivity index (χ0v) is 12.1. The quantitative estimate of drug-likeness (QED) is 0.717. The molecule has 1 aromatic rings. The van der Waals surface area contributed by atoms with Crippen LogP contribution in [0, 0.1) is 5.92 Å². The van der Waals surface area contributed by atoms with E-state index < -0.39 is 0 Å². The van der Waals surface area contributed by atoms with Crippen LogP contribution < -0.4 is 0 Å². The van der Waals surface area contributed by atoms with Crippen molar-refractivity contribution < 1.29 is 4.79 Å². The first-order chi connectivity index (χ1) is 7.65. The van der Waals surface area contributed by atoms with Crippen LogP contribution in [0.25, 0.3) is 0 Å². The Balaban J connectivity index is 2.46. The molecule has 0 heterocycles. The van der Waals surface area contributed by atoms with E-state index in [1.807, 2.05) is 31.2 Å². The topological polar surface area (TPSA) is 17.1 Å². The highest BCUT2D eigenvalue weighted by atomic mass is 79.9. The summed E-state index contributed by atoms with van der Waals surface area (Å²) in [5, 5.41) is 0. The zero-order chi connectivity index (χ0) is 12.0. The van der Waals surface area contributed by atoms with E-state index >= 15 is 0 Å². The van der Waals surface area contributed by atoms with Gasteiger partial charge in [-0.05, 0) is 34.5 Å². The number of hydrogen-bond acceptors (Lipinski definition) is 2. The fourth-order valence-electron chi connectivity index (χ4n) is 1.45. The predicted molar refractivity (Wildman–Crippen MR) is 73.9 cm³/mol. The molecule has 0 saturated carbocycles. The molecule has 0 spiro atoms. The minimum absolute atomic E-state index is 0.194. The van der Waals surface area contributed by atoms with Gasteiger partial charge in [0.1, 0.15) is 5.78 Å². The molecular weight excluding hydrogens is 284 g/mol. The van der Waals surface area contributed by atoms with Crippen molar-refractivity contribution in [3.63, 3.8) is 0 Å². The summed E-state index contributed by atoms with van der Waals surface area (Å²) in [6, 6.07) is 8.01. The Morgan fingerprint density at radius 3 is 2.75 bits per heavy atom. The van der Waals surface area contributed by atoms with Gasteiger partial charge in [-0.25, -0.2) is 0 Å². The lowest BCUT2D eigenvalue weighted by atomic mass is 10.0. The standard InChI is InChI=1S/C13H17BrOS/c1-3-6-10(2)12(15)9-16-13-8-5-4-7-11(13)14/h4-5,7-8,10H,3,6,9H2,1-2H3. The molecular formula is C13H17BrOS. The molecule has 0 bridgehead atoms. The van der Waals surface area contributed by atoms with Crippen molar-refractivity contribution >= 4 is 33.5 Å². The lowest BCUT2D eigenvalue weighted by Crippen LogP contribution is -2.12. The number of carbonyl (C=O) groups is 1. The van der Waals surface area contributed by atoms with E-state index in [2.05, 4.69) is 22.9 Å². The van der Waals surface area contributed by atoms with Crippen molar-refractivity contribution in [1.29, 1.82) is 0 Å². The Labute approximate surface area is 110 Å². The van der Waals surface area contributed by atoms with Gasteiger partial charge in [0.2, 0.25) is 0 Å². The Bertz CT molecular complexity index is 352. The highest BCUT2D eigenvalue weighted by Gasteiger charge is 2.12. The SMILES string of the molecule is CCCC(C)C(=O)CSc1ccccc1Br. The van der Waals surface area contributed by atoms with Crippen LogP contribution in [0.2, 0.25) is 0 Å². The molecule has 16 heavy (non-hydrogen) atoms. The van der Waals surface area contributed by atoms with E-state index in [4.69, 9.17) is 0 Å². The maximum absolute atomic E-state index is 11.8. The van der Waals surface area contributed by atoms with Crippen LogP contribution in [-0.2, 0) is 4.79 Å². The average Bonchev–Trinajstić information content (AvgIpc) is 2.28. The minimum Gasteiger partial charge on any atom is -0.298 e. The van der Waals surface area contributed by atoms with Crippen LogP contribution in [0.3, 0.4) is 0 Å². The normalized spacial score (nSPS) is 12.4. The highest BCUT2D eigenvalue weighted by molar-refractivity contribution is 9.10. The molecule has 0 radical (unpaired) electrons. The average molecular weight is 301 g/mol. The number of carbonyl (C=O) groups excluding carboxylic acids is 1. The fraction of sp³-hybridized carbons (Fsp3) is 0.462. The van der Waals surface area contributed by atoms with E-state index in [9.17, 15) is 4.79 Å². The lowest BCUT2D eigenvalue weighted by molar-refractivity contribution is -0.120. The van der Waals surface area contributed by atoms with Gasteiger partial charge in [0.15, 0.2) is 0 Å². The third-order valence-electron chi connectivity index (χ3n) is 2.48. The highest BCUT2D eigenvalue weighted by Crippen LogP contribution is 2.27. The van der Waals surface area contributed by atoms with E-state index in [-0.39, 0.29) is 5.92 Å². The van der Waals surface area contributed by atoms with E-state index in [0.29, 0.717) is 11.5 Å². The molecule has 1 rings (SSSR count). The molecule has 1 atom stereocenters. The molecule has 0 saturated heterocycles. The number of Topliss-reactive ketones (excluding diaryl/α,β-unsaturated/α-hetero) is 1. The number of ketones is 1. The first kappa shape index (κ1) is 13.8. The van der Waals surface area contributed by atoms with E-state index in [1.54, 1.807) is 11.8 Å². The third kappa shape index (κ3) is 4.30. The summed E-state index contributed by atoms with van der Waals surface area (Å²) in [7, 11) is 0. The van der Waals surface area contributed by atoms with Gasteiger partial charge in [-0.2, -0.15) is 0 Å². The number of thioether (sulfide) groups is 1. The molecule has 0 aliphatic heterocycles. The van der Waals surface area contributed by atoms with E-state index in [0.717, 1.165) is 22.2 Å². The minimum atomic E-state index is 0.194. The first-order valence-corrected chi connectivity index (χ1v) is 7.33. The second-order valence-corrected chi connectivity index (χ2v) is 5.75. The third-order valence-corrected chi connectivity index (χ3v) is 4.53. The molecule has 0 amide bonds. The molecule has 1 aromatic carbocycles. The van der Waals surface area contributed by atoms with Crippen molar-refractivity contribution in [1.82, 2.24) is 0 Å². The molecule has 1 nitrogen and oxygen atoms in total. The zero-order valence-electron chi connectivity index (χ0n) is 9.70. The number of hydrogen-bond donors (Lipinski definition) is 0. The van der Waals surface area contributed by atoms with Gasteiger partial charge in [-0.3, -0.25) is 4.79 Å². The Hall–Kier alpha value is -0.280. The smallest absolute Gasteiger partial charge is 0.145 e. The second kappa shape index (κ2) is 7.13. The molecule has 3 heteroatoms. The molecule has 0 aromatic heterocycles. The van der Waals surface area contributed by atoms with Gasteiger partial charge >= 0.3 is 0 Å². The number of halogens is 1. The molecule has 0 aliphatic carbocycles. The van der Waals surface area contributed by atoms with Gasteiger partial charge < -0.3 is 0 Å². The van der Waals surface area contributed by atoms with Crippen LogP contribution >= 0.6 is 27.7 Å². The summed E-state index contributed by atoms with van der Waals surface area (Å²) in [6.45, 7) is 4.14. The van der Waals surface area contributed by atoms with Crippen LogP contribution in [0.5, 0.6) is 0 Å². The van der Waals surface area contributed by atoms with Crippen molar-refractivity contribution in [3.8, 4) is 0 Å². The fourth-order valence-corrected chi connectivity index (χ4v) is 3.04. The van der Waals surface area contributed by atoms with Crippen LogP contribution in [0.15, 0.2) is 33.6 Å². The van der Waals surface area contributed by atoms with E-state index in [1.165, 1.54) is 0 Å². The monoisotopic (exact) mass is 300 g/mol. The second-order valence-electron chi connectivity index (χ2n) is 3.88.